The predicted molar refractivity (Wildman–Crippen MR) is 158 cm³/mol. The number of benzene rings is 5. The van der Waals surface area contributed by atoms with Gasteiger partial charge in [-0.3, -0.25) is 0 Å². The largest absolute Gasteiger partial charge is 0.506 e. The lowest BCUT2D eigenvalue weighted by molar-refractivity contribution is 0.473. The third-order valence-corrected chi connectivity index (χ3v) is 7.70. The van der Waals surface area contributed by atoms with Gasteiger partial charge in [0.25, 0.3) is 0 Å². The molecule has 4 nitrogen and oxygen atoms in total. The van der Waals surface area contributed by atoms with Gasteiger partial charge < -0.3 is 21.7 Å². The number of phenolic OH excluding ortho intramolecular Hbond substituents is 2. The summed E-state index contributed by atoms with van der Waals surface area (Å²) in [4.78, 5) is 0. The van der Waals surface area contributed by atoms with Crippen LogP contribution < -0.4 is 11.5 Å². The van der Waals surface area contributed by atoms with Crippen molar-refractivity contribution >= 4 is 11.4 Å². The van der Waals surface area contributed by atoms with Crippen LogP contribution in [-0.4, -0.2) is 10.2 Å². The molecule has 0 unspecified atom stereocenters. The Balaban J connectivity index is 1.69. The SMILES string of the molecule is Cc1cc(C2(c3cc(C)c(O)c(N)c3)c3ccccc3-c3cc(C#Cc4ccccc4)ccc32)cc(N)c1O. The van der Waals surface area contributed by atoms with Gasteiger partial charge in [-0.1, -0.05) is 72.5 Å². The van der Waals surface area contributed by atoms with Gasteiger partial charge in [0, 0.05) is 11.1 Å². The first-order valence-corrected chi connectivity index (χ1v) is 12.8. The van der Waals surface area contributed by atoms with Crippen LogP contribution in [0.15, 0.2) is 97.1 Å². The fourth-order valence-electron chi connectivity index (χ4n) is 5.86. The van der Waals surface area contributed by atoms with Gasteiger partial charge in [0.15, 0.2) is 0 Å². The van der Waals surface area contributed by atoms with Crippen LogP contribution >= 0.6 is 0 Å². The summed E-state index contributed by atoms with van der Waals surface area (Å²) in [5, 5.41) is 21.1. The normalized spacial score (nSPS) is 12.8. The number of aromatic hydroxyl groups is 2. The number of phenols is 2. The highest BCUT2D eigenvalue weighted by Crippen LogP contribution is 2.57. The summed E-state index contributed by atoms with van der Waals surface area (Å²) in [6.07, 6.45) is 0. The zero-order valence-corrected chi connectivity index (χ0v) is 21.8. The van der Waals surface area contributed by atoms with E-state index in [2.05, 4.69) is 36.1 Å². The Morgan fingerprint density at radius 2 is 1.10 bits per heavy atom. The topological polar surface area (TPSA) is 92.5 Å². The molecule has 190 valence electrons. The highest BCUT2D eigenvalue weighted by Gasteiger charge is 2.47. The van der Waals surface area contributed by atoms with Crippen molar-refractivity contribution in [3.05, 3.63) is 142 Å². The lowest BCUT2D eigenvalue weighted by Gasteiger charge is -2.35. The van der Waals surface area contributed by atoms with E-state index in [-0.39, 0.29) is 11.5 Å². The van der Waals surface area contributed by atoms with E-state index in [0.29, 0.717) is 22.5 Å². The second-order valence-electron chi connectivity index (χ2n) is 10.1. The van der Waals surface area contributed by atoms with E-state index < -0.39 is 5.41 Å². The van der Waals surface area contributed by atoms with E-state index in [1.54, 1.807) is 0 Å². The van der Waals surface area contributed by atoms with Crippen LogP contribution in [0, 0.1) is 25.7 Å². The number of hydrogen-bond acceptors (Lipinski definition) is 4. The van der Waals surface area contributed by atoms with Gasteiger partial charge in [-0.25, -0.2) is 0 Å². The molecule has 5 aromatic rings. The molecule has 0 saturated carbocycles. The molecule has 6 rings (SSSR count). The maximum absolute atomic E-state index is 10.5. The molecule has 5 aromatic carbocycles. The van der Waals surface area contributed by atoms with Gasteiger partial charge >= 0.3 is 0 Å². The number of anilines is 2. The summed E-state index contributed by atoms with van der Waals surface area (Å²) in [5.74, 6) is 6.74. The maximum Gasteiger partial charge on any atom is 0.141 e. The van der Waals surface area contributed by atoms with E-state index in [1.165, 1.54) is 0 Å². The molecule has 0 atom stereocenters. The minimum absolute atomic E-state index is 0.0772. The summed E-state index contributed by atoms with van der Waals surface area (Å²) in [6.45, 7) is 3.70. The van der Waals surface area contributed by atoms with Gasteiger partial charge in [-0.2, -0.15) is 0 Å². The third-order valence-electron chi connectivity index (χ3n) is 7.70. The molecule has 0 heterocycles. The monoisotopic (exact) mass is 508 g/mol. The van der Waals surface area contributed by atoms with Crippen LogP contribution in [-0.2, 0) is 5.41 Å². The van der Waals surface area contributed by atoms with Crippen molar-refractivity contribution in [2.75, 3.05) is 11.5 Å². The van der Waals surface area contributed by atoms with Gasteiger partial charge in [0.2, 0.25) is 0 Å². The van der Waals surface area contributed by atoms with Gasteiger partial charge in [-0.05, 0) is 94.8 Å². The Hall–Kier alpha value is -5.14. The summed E-state index contributed by atoms with van der Waals surface area (Å²) in [5.41, 5.74) is 21.9. The first-order valence-electron chi connectivity index (χ1n) is 12.8. The number of nitrogen functional groups attached to an aromatic ring is 2. The van der Waals surface area contributed by atoms with Crippen LogP contribution in [0.1, 0.15) is 44.5 Å². The van der Waals surface area contributed by atoms with Crippen molar-refractivity contribution in [1.29, 1.82) is 0 Å². The van der Waals surface area contributed by atoms with Crippen LogP contribution in [0.5, 0.6) is 11.5 Å². The Kier molecular flexibility index (Phi) is 5.59. The third kappa shape index (κ3) is 3.71. The molecule has 0 saturated heterocycles. The fourth-order valence-corrected chi connectivity index (χ4v) is 5.86. The minimum atomic E-state index is -0.781. The number of hydrogen-bond donors (Lipinski definition) is 4. The maximum atomic E-state index is 10.5. The molecule has 0 radical (unpaired) electrons. The Morgan fingerprint density at radius 3 is 1.72 bits per heavy atom. The molecule has 39 heavy (non-hydrogen) atoms. The van der Waals surface area contributed by atoms with Crippen molar-refractivity contribution in [2.45, 2.75) is 19.3 Å². The molecule has 0 aromatic heterocycles. The van der Waals surface area contributed by atoms with Crippen LogP contribution in [0.25, 0.3) is 11.1 Å². The second-order valence-corrected chi connectivity index (χ2v) is 10.1. The highest BCUT2D eigenvalue weighted by molar-refractivity contribution is 5.88. The van der Waals surface area contributed by atoms with Crippen molar-refractivity contribution in [3.63, 3.8) is 0 Å². The first-order chi connectivity index (χ1) is 18.8. The quantitative estimate of drug-likeness (QED) is 0.120. The predicted octanol–water partition coefficient (Wildman–Crippen LogP) is 6.64. The Morgan fingerprint density at radius 1 is 0.564 bits per heavy atom. The number of nitrogens with two attached hydrogens (primary N) is 2. The van der Waals surface area contributed by atoms with E-state index in [9.17, 15) is 10.2 Å². The number of aryl methyl sites for hydroxylation is 2. The molecule has 0 amide bonds. The molecule has 0 bridgehead atoms. The fraction of sp³-hybridized carbons (Fsp3) is 0.0857. The summed E-state index contributed by atoms with van der Waals surface area (Å²) in [6, 6.07) is 32.2. The molecule has 0 fully saturated rings. The lowest BCUT2D eigenvalue weighted by Crippen LogP contribution is -2.29. The second kappa shape index (κ2) is 9.01. The van der Waals surface area contributed by atoms with Gasteiger partial charge in [0.1, 0.15) is 11.5 Å². The smallest absolute Gasteiger partial charge is 0.141 e. The van der Waals surface area contributed by atoms with E-state index in [0.717, 1.165) is 44.5 Å². The van der Waals surface area contributed by atoms with Crippen molar-refractivity contribution in [3.8, 4) is 34.5 Å². The van der Waals surface area contributed by atoms with E-state index in [4.69, 9.17) is 11.5 Å². The average molecular weight is 509 g/mol. The summed E-state index contributed by atoms with van der Waals surface area (Å²) < 4.78 is 0. The van der Waals surface area contributed by atoms with E-state index >= 15 is 0 Å². The lowest BCUT2D eigenvalue weighted by atomic mass is 9.67. The van der Waals surface area contributed by atoms with Crippen molar-refractivity contribution < 1.29 is 10.2 Å². The number of rotatable bonds is 2. The van der Waals surface area contributed by atoms with E-state index in [1.807, 2.05) is 86.6 Å². The van der Waals surface area contributed by atoms with Crippen LogP contribution in [0.3, 0.4) is 0 Å². The molecule has 1 aliphatic carbocycles. The Labute approximate surface area is 228 Å². The summed E-state index contributed by atoms with van der Waals surface area (Å²) in [7, 11) is 0. The highest BCUT2D eigenvalue weighted by atomic mass is 16.3. The molecule has 0 aliphatic heterocycles. The molecule has 0 spiro atoms. The molecule has 4 heteroatoms. The zero-order valence-electron chi connectivity index (χ0n) is 21.8. The minimum Gasteiger partial charge on any atom is -0.506 e. The Bertz CT molecular complexity index is 1720. The zero-order chi connectivity index (χ0) is 27.3. The molecule has 1 aliphatic rings. The van der Waals surface area contributed by atoms with Gasteiger partial charge in [-0.15, -0.1) is 0 Å². The van der Waals surface area contributed by atoms with Crippen LogP contribution in [0.4, 0.5) is 11.4 Å². The average Bonchev–Trinajstić information content (AvgIpc) is 3.24. The first kappa shape index (κ1) is 24.2. The van der Waals surface area contributed by atoms with Crippen molar-refractivity contribution in [2.24, 2.45) is 0 Å². The number of fused-ring (bicyclic) bond motifs is 3. The van der Waals surface area contributed by atoms with Crippen molar-refractivity contribution in [1.82, 2.24) is 0 Å². The summed E-state index contributed by atoms with van der Waals surface area (Å²) >= 11 is 0. The van der Waals surface area contributed by atoms with Crippen LogP contribution in [0.2, 0.25) is 0 Å². The van der Waals surface area contributed by atoms with Gasteiger partial charge in [0.05, 0.1) is 16.8 Å². The standard InChI is InChI=1S/C35H28N2O2/c1-21-16-25(19-31(36)33(21)38)35(26-17-22(2)34(39)32(37)20-26)29-11-7-6-10-27(29)28-18-24(14-15-30(28)35)13-12-23-8-4-3-5-9-23/h3-11,14-20,38-39H,36-37H2,1-2H3. The molecule has 6 N–H and O–H groups in total. The molecular weight excluding hydrogens is 480 g/mol. The molecular formula is C35H28N2O2.